The second kappa shape index (κ2) is 21.9. The molecule has 0 aromatic carbocycles. The van der Waals surface area contributed by atoms with Gasteiger partial charge in [-0.25, -0.2) is 0 Å². The van der Waals surface area contributed by atoms with Gasteiger partial charge in [0.25, 0.3) is 10.1 Å². The minimum atomic E-state index is -3.80. The molecule has 0 spiro atoms. The topological polar surface area (TPSA) is 66.4 Å². The van der Waals surface area contributed by atoms with Crippen molar-refractivity contribution in [2.24, 2.45) is 0 Å². The summed E-state index contributed by atoms with van der Waals surface area (Å²) >= 11 is 0. The summed E-state index contributed by atoms with van der Waals surface area (Å²) in [5.74, 6) is -0.189. The van der Waals surface area contributed by atoms with Crippen molar-refractivity contribution in [3.8, 4) is 0 Å². The predicted octanol–water partition coefficient (Wildman–Crippen LogP) is 2.87. The first kappa shape index (κ1) is 29.6. The van der Waals surface area contributed by atoms with Crippen LogP contribution in [-0.4, -0.2) is 90.9 Å². The molecule has 0 rings (SSSR count). The summed E-state index contributed by atoms with van der Waals surface area (Å²) in [6.07, 6.45) is 15.9. The van der Waals surface area contributed by atoms with Gasteiger partial charge in [0.2, 0.25) is 0 Å². The maximum atomic E-state index is 10.5. The van der Waals surface area contributed by atoms with Crippen molar-refractivity contribution >= 4 is 69.2 Å². The van der Waals surface area contributed by atoms with Crippen LogP contribution in [0.3, 0.4) is 0 Å². The average Bonchev–Trinajstić information content (AvgIpc) is 2.42. The van der Waals surface area contributed by atoms with E-state index in [2.05, 4.69) is 12.2 Å². The predicted molar refractivity (Wildman–Crippen MR) is 105 cm³/mol. The Morgan fingerprint density at radius 1 is 0.696 bits per heavy atom. The van der Waals surface area contributed by atoms with E-state index < -0.39 is 10.1 Å². The van der Waals surface area contributed by atoms with Gasteiger partial charge in [-0.1, -0.05) is 77.6 Å². The number of hydrogen-bond acceptors (Lipinski definition) is 3. The Kier molecular flexibility index (Phi) is 28.2. The van der Waals surface area contributed by atoms with Crippen LogP contribution in [0.15, 0.2) is 0 Å². The summed E-state index contributed by atoms with van der Waals surface area (Å²) in [4.78, 5) is 0. The molecule has 132 valence electrons. The molecule has 0 saturated carbocycles. The SMILES string of the molecule is CCCCCCCCCCCCCCNCCS(=O)(=O)O.[NaH].[NaH]. The molecule has 0 aliphatic carbocycles. The van der Waals surface area contributed by atoms with E-state index in [1.165, 1.54) is 70.6 Å². The van der Waals surface area contributed by atoms with Gasteiger partial charge < -0.3 is 5.32 Å². The van der Waals surface area contributed by atoms with Crippen LogP contribution in [0, 0.1) is 0 Å². The second-order valence-corrected chi connectivity index (χ2v) is 7.50. The number of nitrogens with one attached hydrogen (secondary N) is 1. The summed E-state index contributed by atoms with van der Waals surface area (Å²) in [7, 11) is -3.80. The van der Waals surface area contributed by atoms with E-state index in [1.54, 1.807) is 0 Å². The molecule has 7 heteroatoms. The van der Waals surface area contributed by atoms with E-state index in [-0.39, 0.29) is 64.9 Å². The molecule has 0 aliphatic rings. The first-order chi connectivity index (χ1) is 10.1. The van der Waals surface area contributed by atoms with Gasteiger partial charge in [-0.05, 0) is 13.0 Å². The zero-order valence-corrected chi connectivity index (χ0v) is 14.6. The quantitative estimate of drug-likeness (QED) is 0.249. The van der Waals surface area contributed by atoms with Gasteiger partial charge in [0.1, 0.15) is 0 Å². The van der Waals surface area contributed by atoms with Gasteiger partial charge in [0.15, 0.2) is 0 Å². The molecule has 0 fully saturated rings. The Morgan fingerprint density at radius 2 is 1.09 bits per heavy atom. The third-order valence-electron chi connectivity index (χ3n) is 3.74. The molecule has 0 aromatic rings. The summed E-state index contributed by atoms with van der Waals surface area (Å²) in [5.41, 5.74) is 0. The van der Waals surface area contributed by atoms with Gasteiger partial charge >= 0.3 is 59.1 Å². The molecule has 0 atom stereocenters. The first-order valence-corrected chi connectivity index (χ1v) is 10.3. The second-order valence-electron chi connectivity index (χ2n) is 5.93. The van der Waals surface area contributed by atoms with Crippen molar-refractivity contribution in [3.05, 3.63) is 0 Å². The van der Waals surface area contributed by atoms with Gasteiger partial charge in [-0.15, -0.1) is 0 Å². The van der Waals surface area contributed by atoms with Crippen molar-refractivity contribution < 1.29 is 13.0 Å². The molecule has 0 saturated heterocycles. The Labute approximate surface area is 188 Å². The molecule has 0 amide bonds. The van der Waals surface area contributed by atoms with Gasteiger partial charge in [0.05, 0.1) is 5.75 Å². The summed E-state index contributed by atoms with van der Waals surface area (Å²) in [6.45, 7) is 3.44. The molecule has 0 aliphatic heterocycles. The monoisotopic (exact) mass is 369 g/mol. The molecule has 23 heavy (non-hydrogen) atoms. The van der Waals surface area contributed by atoms with Crippen LogP contribution in [-0.2, 0) is 10.1 Å². The fourth-order valence-corrected chi connectivity index (χ4v) is 2.82. The third kappa shape index (κ3) is 28.9. The van der Waals surface area contributed by atoms with Crippen molar-refractivity contribution in [1.29, 1.82) is 0 Å². The molecule has 0 unspecified atom stereocenters. The molecular weight excluding hydrogens is 332 g/mol. The Bertz CT molecular complexity index is 314. The standard InChI is InChI=1S/C16H35NO3S.2Na.2H/c1-2-3-4-5-6-7-8-9-10-11-12-13-14-17-15-16-21(18,19)20;;;;/h17H,2-16H2,1H3,(H,18,19,20);;;;. The van der Waals surface area contributed by atoms with Crippen molar-refractivity contribution in [3.63, 3.8) is 0 Å². The number of unbranched alkanes of at least 4 members (excludes halogenated alkanes) is 11. The minimum absolute atomic E-state index is 0. The van der Waals surface area contributed by atoms with Crippen LogP contribution in [0.5, 0.6) is 0 Å². The van der Waals surface area contributed by atoms with Crippen LogP contribution in [0.2, 0.25) is 0 Å². The summed E-state index contributed by atoms with van der Waals surface area (Å²) in [6, 6.07) is 0. The van der Waals surface area contributed by atoms with Crippen molar-refractivity contribution in [2.75, 3.05) is 18.8 Å². The zero-order valence-electron chi connectivity index (χ0n) is 13.8. The van der Waals surface area contributed by atoms with E-state index in [4.69, 9.17) is 4.55 Å². The van der Waals surface area contributed by atoms with Crippen molar-refractivity contribution in [1.82, 2.24) is 5.32 Å². The zero-order chi connectivity index (χ0) is 15.8. The van der Waals surface area contributed by atoms with Crippen molar-refractivity contribution in [2.45, 2.75) is 84.0 Å². The van der Waals surface area contributed by atoms with E-state index in [0.717, 1.165) is 13.0 Å². The normalized spacial score (nSPS) is 10.9. The number of rotatable bonds is 16. The van der Waals surface area contributed by atoms with Crippen LogP contribution in [0.25, 0.3) is 0 Å². The van der Waals surface area contributed by atoms with Gasteiger partial charge in [0, 0.05) is 6.54 Å². The van der Waals surface area contributed by atoms with E-state index in [0.29, 0.717) is 6.54 Å². The van der Waals surface area contributed by atoms with Crippen LogP contribution in [0.4, 0.5) is 0 Å². The summed E-state index contributed by atoms with van der Waals surface area (Å²) in [5, 5.41) is 3.04. The van der Waals surface area contributed by atoms with E-state index in [9.17, 15) is 8.42 Å². The van der Waals surface area contributed by atoms with E-state index in [1.807, 2.05) is 0 Å². The molecule has 4 nitrogen and oxygen atoms in total. The fraction of sp³-hybridized carbons (Fsp3) is 1.00. The Balaban J connectivity index is -0.00000200. The van der Waals surface area contributed by atoms with Gasteiger partial charge in [-0.3, -0.25) is 4.55 Å². The van der Waals surface area contributed by atoms with Crippen LogP contribution in [0.1, 0.15) is 84.0 Å². The maximum absolute atomic E-state index is 10.5. The fourth-order valence-electron chi connectivity index (χ4n) is 2.42. The number of hydrogen-bond donors (Lipinski definition) is 2. The average molecular weight is 370 g/mol. The van der Waals surface area contributed by atoms with Gasteiger partial charge in [-0.2, -0.15) is 8.42 Å². The third-order valence-corrected chi connectivity index (χ3v) is 4.46. The van der Waals surface area contributed by atoms with E-state index >= 15 is 0 Å². The Hall–Kier alpha value is 1.87. The van der Waals surface area contributed by atoms with Crippen LogP contribution < -0.4 is 5.32 Å². The van der Waals surface area contributed by atoms with Crippen LogP contribution >= 0.6 is 0 Å². The molecule has 0 heterocycles. The Morgan fingerprint density at radius 3 is 1.48 bits per heavy atom. The molecule has 2 N–H and O–H groups in total. The molecule has 0 bridgehead atoms. The molecular formula is C16H37NNa2O3S. The molecule has 0 radical (unpaired) electrons. The first-order valence-electron chi connectivity index (χ1n) is 8.72. The summed E-state index contributed by atoms with van der Waals surface area (Å²) < 4.78 is 29.5. The molecule has 0 aromatic heterocycles.